The molecule has 1 saturated heterocycles. The minimum atomic E-state index is 0.692. The van der Waals surface area contributed by atoms with Gasteiger partial charge in [-0.15, -0.1) is 0 Å². The van der Waals surface area contributed by atoms with Crippen molar-refractivity contribution in [3.63, 3.8) is 0 Å². The van der Waals surface area contributed by atoms with E-state index in [1.165, 1.54) is 25.7 Å². The Bertz CT molecular complexity index is 80.4. The average molecular weight is 112 g/mol. The van der Waals surface area contributed by atoms with E-state index in [1.807, 2.05) is 0 Å². The Morgan fingerprint density at radius 1 is 1.25 bits per heavy atom. The fourth-order valence-corrected chi connectivity index (χ4v) is 1.47. The molecule has 0 amide bonds. The van der Waals surface area contributed by atoms with Crippen LogP contribution >= 0.6 is 0 Å². The van der Waals surface area contributed by atoms with Gasteiger partial charge in [-0.05, 0) is 25.2 Å². The second kappa shape index (κ2) is 1.73. The highest BCUT2D eigenvalue weighted by molar-refractivity contribution is 4.88. The van der Waals surface area contributed by atoms with Crippen LogP contribution < -0.4 is 0 Å². The van der Waals surface area contributed by atoms with E-state index in [0.29, 0.717) is 6.10 Å². The maximum absolute atomic E-state index is 5.48. The topological polar surface area (TPSA) is 9.23 Å². The third-order valence-corrected chi connectivity index (χ3v) is 2.16. The van der Waals surface area contributed by atoms with Crippen molar-refractivity contribution < 1.29 is 4.74 Å². The Morgan fingerprint density at radius 2 is 2.25 bits per heavy atom. The molecule has 1 saturated carbocycles. The zero-order valence-corrected chi connectivity index (χ0v) is 5.10. The molecule has 2 aliphatic rings. The van der Waals surface area contributed by atoms with Gasteiger partial charge in [0.15, 0.2) is 0 Å². The molecule has 2 rings (SSSR count). The third kappa shape index (κ3) is 0.752. The number of hydrogen-bond donors (Lipinski definition) is 0. The molecule has 1 aliphatic carbocycles. The molecule has 0 N–H and O–H groups in total. The number of fused-ring (bicyclic) bond motifs is 1. The normalized spacial score (nSPS) is 45.0. The van der Waals surface area contributed by atoms with E-state index in [0.717, 1.165) is 12.5 Å². The Hall–Kier alpha value is -0.0400. The van der Waals surface area contributed by atoms with Gasteiger partial charge in [0.05, 0.1) is 6.10 Å². The van der Waals surface area contributed by atoms with E-state index in [9.17, 15) is 0 Å². The van der Waals surface area contributed by atoms with Gasteiger partial charge in [0.25, 0.3) is 0 Å². The van der Waals surface area contributed by atoms with Crippen LogP contribution in [0.4, 0.5) is 0 Å². The van der Waals surface area contributed by atoms with Gasteiger partial charge >= 0.3 is 0 Å². The molecule has 2 atom stereocenters. The average Bonchev–Trinajstić information content (AvgIpc) is 2.36. The van der Waals surface area contributed by atoms with Crippen LogP contribution in [0.5, 0.6) is 0 Å². The molecule has 0 aromatic rings. The molecule has 1 nitrogen and oxygen atoms in total. The van der Waals surface area contributed by atoms with Gasteiger partial charge < -0.3 is 4.74 Å². The van der Waals surface area contributed by atoms with Crippen LogP contribution in [0.1, 0.15) is 25.7 Å². The lowest BCUT2D eigenvalue weighted by molar-refractivity contribution is 0.118. The molecule has 0 spiro atoms. The highest BCUT2D eigenvalue weighted by Crippen LogP contribution is 2.39. The maximum Gasteiger partial charge on any atom is 0.0607 e. The van der Waals surface area contributed by atoms with Gasteiger partial charge in [-0.3, -0.25) is 0 Å². The second-order valence-electron chi connectivity index (χ2n) is 2.90. The van der Waals surface area contributed by atoms with Crippen LogP contribution in [-0.4, -0.2) is 12.7 Å². The fourth-order valence-electron chi connectivity index (χ4n) is 1.47. The molecule has 0 aromatic carbocycles. The Balaban J connectivity index is 1.89. The Morgan fingerprint density at radius 3 is 3.25 bits per heavy atom. The largest absolute Gasteiger partial charge is 0.378 e. The molecule has 1 heterocycles. The highest BCUT2D eigenvalue weighted by atomic mass is 16.5. The SMILES string of the molecule is C1CC[C@@H]2C[C@@H]2OC1. The van der Waals surface area contributed by atoms with Gasteiger partial charge in [-0.2, -0.15) is 0 Å². The summed E-state index contributed by atoms with van der Waals surface area (Å²) < 4.78 is 5.48. The minimum absolute atomic E-state index is 0.692. The first-order valence-corrected chi connectivity index (χ1v) is 3.58. The monoisotopic (exact) mass is 112 g/mol. The Labute approximate surface area is 50.0 Å². The first-order chi connectivity index (χ1) is 3.97. The zero-order chi connectivity index (χ0) is 5.40. The molecule has 0 unspecified atom stereocenters. The predicted molar refractivity (Wildman–Crippen MR) is 31.7 cm³/mol. The van der Waals surface area contributed by atoms with E-state index in [2.05, 4.69) is 0 Å². The van der Waals surface area contributed by atoms with Crippen molar-refractivity contribution in [3.05, 3.63) is 0 Å². The predicted octanol–water partition coefficient (Wildman–Crippen LogP) is 1.58. The van der Waals surface area contributed by atoms with Crippen LogP contribution in [-0.2, 0) is 4.74 Å². The summed E-state index contributed by atoms with van der Waals surface area (Å²) in [6.45, 7) is 1.03. The molecule has 0 bridgehead atoms. The zero-order valence-electron chi connectivity index (χ0n) is 5.10. The molecule has 1 aliphatic heterocycles. The lowest BCUT2D eigenvalue weighted by Crippen LogP contribution is -1.93. The smallest absolute Gasteiger partial charge is 0.0607 e. The quantitative estimate of drug-likeness (QED) is 0.462. The summed E-state index contributed by atoms with van der Waals surface area (Å²) in [5.41, 5.74) is 0. The van der Waals surface area contributed by atoms with Crippen molar-refractivity contribution in [2.45, 2.75) is 31.8 Å². The van der Waals surface area contributed by atoms with Crippen molar-refractivity contribution >= 4 is 0 Å². The van der Waals surface area contributed by atoms with Gasteiger partial charge in [0.1, 0.15) is 0 Å². The third-order valence-electron chi connectivity index (χ3n) is 2.16. The summed E-state index contributed by atoms with van der Waals surface area (Å²) in [6, 6.07) is 0. The molecule has 46 valence electrons. The lowest BCUT2D eigenvalue weighted by atomic mass is 10.2. The minimum Gasteiger partial charge on any atom is -0.378 e. The summed E-state index contributed by atoms with van der Waals surface area (Å²) >= 11 is 0. The van der Waals surface area contributed by atoms with E-state index in [1.54, 1.807) is 0 Å². The van der Waals surface area contributed by atoms with Crippen LogP contribution in [0.2, 0.25) is 0 Å². The first-order valence-electron chi connectivity index (χ1n) is 3.58. The van der Waals surface area contributed by atoms with Gasteiger partial charge in [0, 0.05) is 6.61 Å². The summed E-state index contributed by atoms with van der Waals surface area (Å²) in [5.74, 6) is 0.970. The van der Waals surface area contributed by atoms with Crippen molar-refractivity contribution in [3.8, 4) is 0 Å². The molecule has 0 aromatic heterocycles. The second-order valence-corrected chi connectivity index (χ2v) is 2.90. The molecular weight excluding hydrogens is 100 g/mol. The van der Waals surface area contributed by atoms with Crippen molar-refractivity contribution in [1.29, 1.82) is 0 Å². The molecule has 1 heteroatoms. The summed E-state index contributed by atoms with van der Waals surface area (Å²) in [7, 11) is 0. The number of rotatable bonds is 0. The van der Waals surface area contributed by atoms with Gasteiger partial charge in [-0.25, -0.2) is 0 Å². The highest BCUT2D eigenvalue weighted by Gasteiger charge is 2.38. The van der Waals surface area contributed by atoms with Crippen molar-refractivity contribution in [2.75, 3.05) is 6.61 Å². The van der Waals surface area contributed by atoms with Crippen LogP contribution in [0, 0.1) is 5.92 Å². The molecule has 2 fully saturated rings. The molecular formula is C7H12O. The van der Waals surface area contributed by atoms with Crippen LogP contribution in [0.25, 0.3) is 0 Å². The van der Waals surface area contributed by atoms with E-state index < -0.39 is 0 Å². The Kier molecular flexibility index (Phi) is 1.04. The summed E-state index contributed by atoms with van der Waals surface area (Å²) in [4.78, 5) is 0. The van der Waals surface area contributed by atoms with Crippen LogP contribution in [0.3, 0.4) is 0 Å². The van der Waals surface area contributed by atoms with E-state index >= 15 is 0 Å². The lowest BCUT2D eigenvalue weighted by Gasteiger charge is -1.94. The molecule has 0 radical (unpaired) electrons. The van der Waals surface area contributed by atoms with Crippen molar-refractivity contribution in [2.24, 2.45) is 5.92 Å². The van der Waals surface area contributed by atoms with E-state index in [4.69, 9.17) is 4.74 Å². The first kappa shape index (κ1) is 4.80. The number of hydrogen-bond acceptors (Lipinski definition) is 1. The molecule has 8 heavy (non-hydrogen) atoms. The standard InChI is InChI=1S/C7H12O/c1-2-4-8-7-5-6(7)3-1/h6-7H,1-5H2/t6-,7+/m1/s1. The van der Waals surface area contributed by atoms with Crippen molar-refractivity contribution in [1.82, 2.24) is 0 Å². The summed E-state index contributed by atoms with van der Waals surface area (Å²) in [6.07, 6.45) is 6.19. The van der Waals surface area contributed by atoms with Gasteiger partial charge in [-0.1, -0.05) is 6.42 Å². The van der Waals surface area contributed by atoms with E-state index in [-0.39, 0.29) is 0 Å². The maximum atomic E-state index is 5.48. The van der Waals surface area contributed by atoms with Gasteiger partial charge in [0.2, 0.25) is 0 Å². The fraction of sp³-hybridized carbons (Fsp3) is 1.00. The van der Waals surface area contributed by atoms with Crippen LogP contribution in [0.15, 0.2) is 0 Å². The summed E-state index contributed by atoms with van der Waals surface area (Å²) in [5, 5.41) is 0. The number of ether oxygens (including phenoxy) is 1.